The largest absolute Gasteiger partial charge is 0.411 e. The molecule has 0 rings (SSSR count). The fourth-order valence-corrected chi connectivity index (χ4v) is 1.27. The lowest BCUT2D eigenvalue weighted by Gasteiger charge is -2.10. The Balaban J connectivity index is 4.17. The van der Waals surface area contributed by atoms with Crippen LogP contribution in [-0.2, 0) is 0 Å². The van der Waals surface area contributed by atoms with Gasteiger partial charge in [-0.25, -0.2) is 0 Å². The Morgan fingerprint density at radius 1 is 1.80 bits per heavy atom. The van der Waals surface area contributed by atoms with Crippen LogP contribution in [0.1, 0.15) is 20.3 Å². The van der Waals surface area contributed by atoms with Gasteiger partial charge in [-0.3, -0.25) is 0 Å². The third-order valence-corrected chi connectivity index (χ3v) is 3.38. The second kappa shape index (κ2) is 4.28. The summed E-state index contributed by atoms with van der Waals surface area (Å²) in [5.41, 5.74) is 2.30. The van der Waals surface area contributed by atoms with Gasteiger partial charge < -0.3 is 5.21 Å². The minimum Gasteiger partial charge on any atom is -0.411 e. The Kier molecular flexibility index (Phi) is 4.03. The molecule has 3 heteroatoms. The smallest absolute Gasteiger partial charge is 0.0601 e. The average Bonchev–Trinajstić information content (AvgIpc) is 1.90. The molecule has 0 saturated heterocycles. The third-order valence-electron chi connectivity index (χ3n) is 1.73. The molecular formula is C7H15NOSi. The first kappa shape index (κ1) is 9.43. The number of oxime groups is 1. The summed E-state index contributed by atoms with van der Waals surface area (Å²) < 4.78 is 0. The predicted octanol–water partition coefficient (Wildman–Crippen LogP) is 0.957. The molecule has 1 unspecified atom stereocenters. The van der Waals surface area contributed by atoms with Crippen molar-refractivity contribution in [3.8, 4) is 0 Å². The molecule has 0 aromatic heterocycles. The molecular weight excluding hydrogens is 142 g/mol. The zero-order valence-corrected chi connectivity index (χ0v) is 8.89. The van der Waals surface area contributed by atoms with Crippen molar-refractivity contribution < 1.29 is 5.21 Å². The zero-order chi connectivity index (χ0) is 8.15. The molecule has 0 aliphatic rings. The van der Waals surface area contributed by atoms with E-state index in [1.54, 1.807) is 0 Å². The lowest BCUT2D eigenvalue weighted by atomic mass is 10.1. The van der Waals surface area contributed by atoms with E-state index in [1.807, 2.05) is 13.8 Å². The maximum Gasteiger partial charge on any atom is 0.0601 e. The molecule has 0 aromatic rings. The minimum atomic E-state index is 0.343. The average molecular weight is 157 g/mol. The molecule has 0 radical (unpaired) electrons. The van der Waals surface area contributed by atoms with Gasteiger partial charge in [0.1, 0.15) is 0 Å². The second-order valence-electron chi connectivity index (χ2n) is 2.51. The van der Waals surface area contributed by atoms with E-state index < -0.39 is 0 Å². The molecule has 10 heavy (non-hydrogen) atoms. The van der Waals surface area contributed by atoms with Gasteiger partial charge in [0.2, 0.25) is 0 Å². The summed E-state index contributed by atoms with van der Waals surface area (Å²) in [6, 6.07) is 0. The second-order valence-corrected chi connectivity index (χ2v) is 3.67. The number of allylic oxidation sites excluding steroid dienone is 1. The van der Waals surface area contributed by atoms with Crippen LogP contribution >= 0.6 is 0 Å². The monoisotopic (exact) mass is 157 g/mol. The van der Waals surface area contributed by atoms with Gasteiger partial charge in [-0.15, -0.1) is 0 Å². The van der Waals surface area contributed by atoms with Crippen molar-refractivity contribution in [1.29, 1.82) is 0 Å². The summed E-state index contributed by atoms with van der Waals surface area (Å²) >= 11 is 0. The first-order valence-electron chi connectivity index (χ1n) is 3.49. The van der Waals surface area contributed by atoms with E-state index in [4.69, 9.17) is 5.21 Å². The highest BCUT2D eigenvalue weighted by Gasteiger charge is 2.08. The van der Waals surface area contributed by atoms with Crippen molar-refractivity contribution >= 4 is 16.0 Å². The summed E-state index contributed by atoms with van der Waals surface area (Å²) in [6.45, 7) is 7.77. The van der Waals surface area contributed by atoms with E-state index in [1.165, 1.54) is 0 Å². The molecule has 0 saturated carbocycles. The van der Waals surface area contributed by atoms with Crippen molar-refractivity contribution in [3.63, 3.8) is 0 Å². The Morgan fingerprint density at radius 3 is 2.40 bits per heavy atom. The highest BCUT2D eigenvalue weighted by molar-refractivity contribution is 6.27. The molecule has 0 fully saturated rings. The van der Waals surface area contributed by atoms with Crippen LogP contribution in [-0.4, -0.2) is 21.2 Å². The van der Waals surface area contributed by atoms with Crippen molar-refractivity contribution in [1.82, 2.24) is 0 Å². The molecule has 0 bridgehead atoms. The third kappa shape index (κ3) is 2.35. The SMILES string of the molecule is C=C(C)C([SiH3])C(CC)=NO. The number of rotatable bonds is 3. The highest BCUT2D eigenvalue weighted by Crippen LogP contribution is 2.14. The van der Waals surface area contributed by atoms with E-state index in [-0.39, 0.29) is 0 Å². The number of hydrogen-bond donors (Lipinski definition) is 1. The fourth-order valence-electron chi connectivity index (χ4n) is 0.748. The lowest BCUT2D eigenvalue weighted by molar-refractivity contribution is 0.317. The van der Waals surface area contributed by atoms with Gasteiger partial charge in [-0.05, 0) is 13.3 Å². The summed E-state index contributed by atoms with van der Waals surface area (Å²) in [4.78, 5) is 0. The van der Waals surface area contributed by atoms with Gasteiger partial charge in [0.25, 0.3) is 0 Å². The van der Waals surface area contributed by atoms with Gasteiger partial charge in [-0.2, -0.15) is 0 Å². The standard InChI is InChI=1S/C7H15NOSi/c1-4-6(8-9)7(10)5(2)3/h7,9H,2,4H2,1,3,10H3. The lowest BCUT2D eigenvalue weighted by Crippen LogP contribution is -2.08. The maximum absolute atomic E-state index is 8.51. The van der Waals surface area contributed by atoms with Crippen LogP contribution in [0.3, 0.4) is 0 Å². The topological polar surface area (TPSA) is 32.6 Å². The molecule has 0 spiro atoms. The normalized spacial score (nSPS) is 15.2. The van der Waals surface area contributed by atoms with Gasteiger partial charge in [0.15, 0.2) is 0 Å². The number of hydrogen-bond acceptors (Lipinski definition) is 2. The highest BCUT2D eigenvalue weighted by atomic mass is 28.1. The van der Waals surface area contributed by atoms with Crippen LogP contribution in [0.4, 0.5) is 0 Å². The van der Waals surface area contributed by atoms with E-state index in [9.17, 15) is 0 Å². The molecule has 58 valence electrons. The van der Waals surface area contributed by atoms with Crippen molar-refractivity contribution in [2.45, 2.75) is 25.8 Å². The maximum atomic E-state index is 8.51. The van der Waals surface area contributed by atoms with Crippen LogP contribution in [0.15, 0.2) is 17.3 Å². The van der Waals surface area contributed by atoms with Crippen molar-refractivity contribution in [2.24, 2.45) is 5.16 Å². The van der Waals surface area contributed by atoms with Crippen LogP contribution < -0.4 is 0 Å². The molecule has 1 atom stereocenters. The zero-order valence-electron chi connectivity index (χ0n) is 6.89. The molecule has 1 N–H and O–H groups in total. The van der Waals surface area contributed by atoms with Crippen LogP contribution in [0.25, 0.3) is 0 Å². The minimum absolute atomic E-state index is 0.343. The van der Waals surface area contributed by atoms with Crippen LogP contribution in [0.2, 0.25) is 5.54 Å². The Hall–Kier alpha value is -0.573. The van der Waals surface area contributed by atoms with Gasteiger partial charge in [0, 0.05) is 15.8 Å². The predicted molar refractivity (Wildman–Crippen MR) is 48.0 cm³/mol. The summed E-state index contributed by atoms with van der Waals surface area (Å²) in [6.07, 6.45) is 0.817. The first-order chi connectivity index (χ1) is 4.63. The van der Waals surface area contributed by atoms with E-state index in [0.29, 0.717) is 5.54 Å². The number of nitrogens with zero attached hydrogens (tertiary/aromatic N) is 1. The summed E-state index contributed by atoms with van der Waals surface area (Å²) in [7, 11) is 0.986. The van der Waals surface area contributed by atoms with Crippen LogP contribution in [0.5, 0.6) is 0 Å². The molecule has 2 nitrogen and oxygen atoms in total. The molecule has 0 aliphatic carbocycles. The van der Waals surface area contributed by atoms with Gasteiger partial charge in [-0.1, -0.05) is 24.2 Å². The fraction of sp³-hybridized carbons (Fsp3) is 0.571. The first-order valence-corrected chi connectivity index (χ1v) is 4.65. The summed E-state index contributed by atoms with van der Waals surface area (Å²) in [5.74, 6) is 0. The van der Waals surface area contributed by atoms with Crippen molar-refractivity contribution in [3.05, 3.63) is 12.2 Å². The molecule has 0 heterocycles. The van der Waals surface area contributed by atoms with Crippen molar-refractivity contribution in [2.75, 3.05) is 0 Å². The molecule has 0 aliphatic heterocycles. The van der Waals surface area contributed by atoms with Gasteiger partial charge in [0.05, 0.1) is 5.71 Å². The quantitative estimate of drug-likeness (QED) is 0.214. The Labute approximate surface area is 65.1 Å². The van der Waals surface area contributed by atoms with E-state index >= 15 is 0 Å². The molecule has 0 aromatic carbocycles. The Bertz CT molecular complexity index is 154. The van der Waals surface area contributed by atoms with Crippen LogP contribution in [0, 0.1) is 0 Å². The van der Waals surface area contributed by atoms with E-state index in [2.05, 4.69) is 11.7 Å². The van der Waals surface area contributed by atoms with Gasteiger partial charge >= 0.3 is 0 Å². The Morgan fingerprint density at radius 2 is 2.30 bits per heavy atom. The molecule has 0 amide bonds. The van der Waals surface area contributed by atoms with E-state index in [0.717, 1.165) is 27.9 Å². The summed E-state index contributed by atoms with van der Waals surface area (Å²) in [5, 5.41) is 11.7.